The Morgan fingerprint density at radius 3 is 2.39 bits per heavy atom. The molecule has 1 N–H and O–H groups in total. The third-order valence-electron chi connectivity index (χ3n) is 6.85. The molecule has 0 saturated carbocycles. The average Bonchev–Trinajstić information content (AvgIpc) is 3.25. The van der Waals surface area contributed by atoms with Gasteiger partial charge in [0.05, 0.1) is 17.5 Å². The van der Waals surface area contributed by atoms with E-state index in [1.807, 2.05) is 42.5 Å². The first kappa shape index (κ1) is 24.3. The van der Waals surface area contributed by atoms with Gasteiger partial charge in [0.15, 0.2) is 0 Å². The van der Waals surface area contributed by atoms with E-state index in [1.54, 1.807) is 0 Å². The molecule has 0 spiro atoms. The fraction of sp³-hybridized carbons (Fsp3) is 0.310. The molecule has 0 aliphatic carbocycles. The number of para-hydroxylation sites is 2. The van der Waals surface area contributed by atoms with Gasteiger partial charge in [-0.1, -0.05) is 48.0 Å². The van der Waals surface area contributed by atoms with Crippen molar-refractivity contribution in [1.29, 1.82) is 0 Å². The maximum Gasteiger partial charge on any atom is 0.307 e. The lowest BCUT2D eigenvalue weighted by Gasteiger charge is -2.31. The van der Waals surface area contributed by atoms with E-state index in [1.165, 1.54) is 16.9 Å². The topological polar surface area (TPSA) is 67.6 Å². The number of nitrogens with zero attached hydrogens (tertiary/aromatic N) is 3. The fourth-order valence-electron chi connectivity index (χ4n) is 4.93. The number of carboxylic acid groups (broad SMARTS) is 1. The van der Waals surface area contributed by atoms with E-state index < -0.39 is 5.97 Å². The lowest BCUT2D eigenvalue weighted by atomic mass is 9.95. The van der Waals surface area contributed by atoms with Crippen LogP contribution in [0.15, 0.2) is 72.8 Å². The minimum absolute atomic E-state index is 0.0305. The number of fused-ring (bicyclic) bond motifs is 1. The van der Waals surface area contributed by atoms with Gasteiger partial charge in [-0.05, 0) is 73.5 Å². The van der Waals surface area contributed by atoms with Crippen molar-refractivity contribution in [3.05, 3.63) is 94.8 Å². The molecule has 1 aromatic heterocycles. The highest BCUT2D eigenvalue weighted by molar-refractivity contribution is 6.30. The van der Waals surface area contributed by atoms with Gasteiger partial charge in [0, 0.05) is 24.0 Å². The summed E-state index contributed by atoms with van der Waals surface area (Å²) >= 11 is 6.10. The molecule has 7 heteroatoms. The summed E-state index contributed by atoms with van der Waals surface area (Å²) in [5.74, 6) is 1.54. The predicted molar refractivity (Wildman–Crippen MR) is 142 cm³/mol. The van der Waals surface area contributed by atoms with Crippen LogP contribution in [0.1, 0.15) is 35.7 Å². The normalized spacial score (nSPS) is 14.8. The summed E-state index contributed by atoms with van der Waals surface area (Å²) in [7, 11) is 0. The van der Waals surface area contributed by atoms with Crippen LogP contribution in [0.4, 0.5) is 0 Å². The van der Waals surface area contributed by atoms with Gasteiger partial charge in [-0.25, -0.2) is 4.98 Å². The number of imidazole rings is 1. The smallest absolute Gasteiger partial charge is 0.307 e. The minimum Gasteiger partial charge on any atom is -0.492 e. The fourth-order valence-corrected chi connectivity index (χ4v) is 5.06. The summed E-state index contributed by atoms with van der Waals surface area (Å²) in [4.78, 5) is 18.3. The Hall–Kier alpha value is -3.35. The molecule has 0 radical (unpaired) electrons. The maximum atomic E-state index is 10.8. The SMILES string of the molecule is O=C(O)Cc1ccc(OCCN2CCC(c3nc4ccccc4n3Cc3ccc(Cl)cc3)CC2)cc1. The van der Waals surface area contributed by atoms with Crippen LogP contribution < -0.4 is 4.74 Å². The van der Waals surface area contributed by atoms with E-state index in [2.05, 4.69) is 39.8 Å². The van der Waals surface area contributed by atoms with Crippen molar-refractivity contribution in [3.63, 3.8) is 0 Å². The standard InChI is InChI=1S/C29H30ClN3O3/c30-24-9-5-22(6-10-24)20-33-27-4-2-1-3-26(27)31-29(33)23-13-15-32(16-14-23)17-18-36-25-11-7-21(8-12-25)19-28(34)35/h1-12,23H,13-20H2,(H,34,35). The summed E-state index contributed by atoms with van der Waals surface area (Å²) in [5.41, 5.74) is 4.22. The number of hydrogen-bond donors (Lipinski definition) is 1. The number of halogens is 1. The molecular weight excluding hydrogens is 474 g/mol. The molecule has 2 heterocycles. The van der Waals surface area contributed by atoms with Crippen molar-refractivity contribution < 1.29 is 14.6 Å². The summed E-state index contributed by atoms with van der Waals surface area (Å²) in [6, 6.07) is 23.7. The number of likely N-dealkylation sites (tertiary alicyclic amines) is 1. The molecule has 1 fully saturated rings. The van der Waals surface area contributed by atoms with E-state index in [4.69, 9.17) is 26.4 Å². The molecule has 36 heavy (non-hydrogen) atoms. The molecule has 6 nitrogen and oxygen atoms in total. The highest BCUT2D eigenvalue weighted by atomic mass is 35.5. The number of carboxylic acids is 1. The van der Waals surface area contributed by atoms with Crippen LogP contribution in [0.3, 0.4) is 0 Å². The van der Waals surface area contributed by atoms with Crippen LogP contribution in [0, 0.1) is 0 Å². The summed E-state index contributed by atoms with van der Waals surface area (Å²) < 4.78 is 8.27. The Morgan fingerprint density at radius 2 is 1.67 bits per heavy atom. The quantitative estimate of drug-likeness (QED) is 0.321. The molecule has 0 amide bonds. The van der Waals surface area contributed by atoms with Crippen molar-refractivity contribution in [2.45, 2.75) is 31.7 Å². The highest BCUT2D eigenvalue weighted by Gasteiger charge is 2.25. The molecule has 0 atom stereocenters. The Labute approximate surface area is 216 Å². The van der Waals surface area contributed by atoms with Gasteiger partial charge < -0.3 is 14.4 Å². The zero-order chi connectivity index (χ0) is 24.9. The van der Waals surface area contributed by atoms with Gasteiger partial charge >= 0.3 is 5.97 Å². The second-order valence-electron chi connectivity index (χ2n) is 9.35. The van der Waals surface area contributed by atoms with E-state index in [0.717, 1.165) is 60.9 Å². The Kier molecular flexibility index (Phi) is 7.54. The molecule has 186 valence electrons. The molecule has 3 aromatic carbocycles. The zero-order valence-corrected chi connectivity index (χ0v) is 20.9. The number of benzene rings is 3. The first-order valence-electron chi connectivity index (χ1n) is 12.4. The second-order valence-corrected chi connectivity index (χ2v) is 9.79. The largest absolute Gasteiger partial charge is 0.492 e. The van der Waals surface area contributed by atoms with Gasteiger partial charge in [0.1, 0.15) is 18.2 Å². The first-order valence-corrected chi connectivity index (χ1v) is 12.8. The van der Waals surface area contributed by atoms with Crippen LogP contribution in [0.2, 0.25) is 5.02 Å². The lowest BCUT2D eigenvalue weighted by Crippen LogP contribution is -2.36. The molecule has 0 unspecified atom stereocenters. The van der Waals surface area contributed by atoms with Crippen LogP contribution in [0.25, 0.3) is 11.0 Å². The number of rotatable bonds is 9. The molecule has 0 bridgehead atoms. The lowest BCUT2D eigenvalue weighted by molar-refractivity contribution is -0.136. The van der Waals surface area contributed by atoms with Crippen molar-refractivity contribution in [3.8, 4) is 5.75 Å². The zero-order valence-electron chi connectivity index (χ0n) is 20.1. The van der Waals surface area contributed by atoms with Crippen LogP contribution >= 0.6 is 11.6 Å². The number of aliphatic carboxylic acids is 1. The van der Waals surface area contributed by atoms with E-state index in [-0.39, 0.29) is 6.42 Å². The predicted octanol–water partition coefficient (Wildman–Crippen LogP) is 5.62. The second kappa shape index (κ2) is 11.1. The molecule has 1 saturated heterocycles. The van der Waals surface area contributed by atoms with Crippen LogP contribution in [-0.4, -0.2) is 51.8 Å². The summed E-state index contributed by atoms with van der Waals surface area (Å²) in [6.45, 7) is 4.28. The van der Waals surface area contributed by atoms with E-state index in [9.17, 15) is 4.79 Å². The van der Waals surface area contributed by atoms with E-state index in [0.29, 0.717) is 12.5 Å². The Bertz CT molecular complexity index is 1310. The number of ether oxygens (including phenoxy) is 1. The van der Waals surface area contributed by atoms with Gasteiger partial charge in [-0.15, -0.1) is 0 Å². The van der Waals surface area contributed by atoms with Gasteiger partial charge in [0.25, 0.3) is 0 Å². The van der Waals surface area contributed by atoms with Gasteiger partial charge in [0.2, 0.25) is 0 Å². The summed E-state index contributed by atoms with van der Waals surface area (Å²) in [6.07, 6.45) is 2.16. The van der Waals surface area contributed by atoms with Crippen molar-refractivity contribution in [1.82, 2.24) is 14.5 Å². The van der Waals surface area contributed by atoms with Crippen LogP contribution in [-0.2, 0) is 17.8 Å². The van der Waals surface area contributed by atoms with E-state index >= 15 is 0 Å². The number of aromatic nitrogens is 2. The maximum absolute atomic E-state index is 10.8. The third-order valence-corrected chi connectivity index (χ3v) is 7.10. The minimum atomic E-state index is -0.826. The van der Waals surface area contributed by atoms with Crippen LogP contribution in [0.5, 0.6) is 5.75 Å². The molecule has 1 aliphatic heterocycles. The van der Waals surface area contributed by atoms with Gasteiger partial charge in [-0.3, -0.25) is 9.69 Å². The Balaban J connectivity index is 1.18. The third kappa shape index (κ3) is 5.89. The number of carbonyl (C=O) groups is 1. The molecule has 5 rings (SSSR count). The van der Waals surface area contributed by atoms with Crippen molar-refractivity contribution in [2.24, 2.45) is 0 Å². The average molecular weight is 504 g/mol. The molecular formula is C29H30ClN3O3. The number of hydrogen-bond acceptors (Lipinski definition) is 4. The summed E-state index contributed by atoms with van der Waals surface area (Å²) in [5, 5.41) is 9.65. The van der Waals surface area contributed by atoms with Crippen molar-refractivity contribution >= 4 is 28.6 Å². The molecule has 4 aromatic rings. The number of piperidine rings is 1. The first-order chi connectivity index (χ1) is 17.5. The monoisotopic (exact) mass is 503 g/mol. The van der Waals surface area contributed by atoms with Crippen molar-refractivity contribution in [2.75, 3.05) is 26.2 Å². The highest BCUT2D eigenvalue weighted by Crippen LogP contribution is 2.31. The Morgan fingerprint density at radius 1 is 0.972 bits per heavy atom. The molecule has 1 aliphatic rings. The van der Waals surface area contributed by atoms with Gasteiger partial charge in [-0.2, -0.15) is 0 Å².